The molecule has 1 aromatic heterocycles. The lowest BCUT2D eigenvalue weighted by molar-refractivity contribution is 0.0429. The van der Waals surface area contributed by atoms with E-state index in [1.54, 1.807) is 18.6 Å². The lowest BCUT2D eigenvalue weighted by atomic mass is 9.72. The number of anilines is 1. The SMILES string of the molecule is O=C(c1cnccn1)N1CCCC2(CCN(c3ccccc3)CC2)C1. The highest BCUT2D eigenvalue weighted by molar-refractivity contribution is 5.92. The van der Waals surface area contributed by atoms with Crippen molar-refractivity contribution in [2.75, 3.05) is 31.1 Å². The Hall–Kier alpha value is -2.43. The standard InChI is InChI=1S/C20H24N4O/c25-19(18-15-21-10-11-22-18)24-12-4-7-20(16-24)8-13-23(14-9-20)17-5-2-1-3-6-17/h1-3,5-6,10-11,15H,4,7-9,12-14,16H2. The Morgan fingerprint density at radius 3 is 2.52 bits per heavy atom. The van der Waals surface area contributed by atoms with E-state index in [0.717, 1.165) is 45.4 Å². The number of nitrogens with zero attached hydrogens (tertiary/aromatic N) is 4. The van der Waals surface area contributed by atoms with Gasteiger partial charge in [-0.1, -0.05) is 18.2 Å². The molecule has 4 rings (SSSR count). The number of carbonyl (C=O) groups is 1. The molecular formula is C20H24N4O. The van der Waals surface area contributed by atoms with Crippen LogP contribution in [-0.2, 0) is 0 Å². The van der Waals surface area contributed by atoms with Crippen LogP contribution >= 0.6 is 0 Å². The fraction of sp³-hybridized carbons (Fsp3) is 0.450. The summed E-state index contributed by atoms with van der Waals surface area (Å²) in [7, 11) is 0. The van der Waals surface area contributed by atoms with Gasteiger partial charge >= 0.3 is 0 Å². The smallest absolute Gasteiger partial charge is 0.274 e. The first-order valence-corrected chi connectivity index (χ1v) is 9.11. The summed E-state index contributed by atoms with van der Waals surface area (Å²) in [5, 5.41) is 0. The summed E-state index contributed by atoms with van der Waals surface area (Å²) in [6.07, 6.45) is 9.36. The minimum absolute atomic E-state index is 0.0256. The number of aromatic nitrogens is 2. The van der Waals surface area contributed by atoms with Gasteiger partial charge in [-0.15, -0.1) is 0 Å². The van der Waals surface area contributed by atoms with E-state index in [1.807, 2.05) is 4.90 Å². The van der Waals surface area contributed by atoms with Gasteiger partial charge in [-0.3, -0.25) is 9.78 Å². The van der Waals surface area contributed by atoms with Crippen molar-refractivity contribution >= 4 is 11.6 Å². The minimum Gasteiger partial charge on any atom is -0.371 e. The van der Waals surface area contributed by atoms with Crippen LogP contribution in [0.15, 0.2) is 48.9 Å². The highest BCUT2D eigenvalue weighted by Gasteiger charge is 2.40. The van der Waals surface area contributed by atoms with Gasteiger partial charge in [0, 0.05) is 44.3 Å². The van der Waals surface area contributed by atoms with Crippen molar-refractivity contribution < 1.29 is 4.79 Å². The number of carbonyl (C=O) groups excluding carboxylic acids is 1. The molecule has 2 aliphatic rings. The van der Waals surface area contributed by atoms with E-state index in [2.05, 4.69) is 45.2 Å². The molecule has 0 radical (unpaired) electrons. The van der Waals surface area contributed by atoms with Gasteiger partial charge in [-0.2, -0.15) is 0 Å². The monoisotopic (exact) mass is 336 g/mol. The van der Waals surface area contributed by atoms with Gasteiger partial charge in [-0.25, -0.2) is 4.98 Å². The largest absolute Gasteiger partial charge is 0.371 e. The van der Waals surface area contributed by atoms with Gasteiger partial charge in [0.2, 0.25) is 0 Å². The Bertz CT molecular complexity index is 711. The van der Waals surface area contributed by atoms with Crippen LogP contribution in [0.1, 0.15) is 36.2 Å². The van der Waals surface area contributed by atoms with Gasteiger partial charge in [0.05, 0.1) is 6.20 Å². The molecule has 2 aromatic rings. The van der Waals surface area contributed by atoms with Gasteiger partial charge in [0.15, 0.2) is 0 Å². The molecule has 0 aliphatic carbocycles. The van der Waals surface area contributed by atoms with Crippen LogP contribution in [0.4, 0.5) is 5.69 Å². The Morgan fingerprint density at radius 1 is 1.00 bits per heavy atom. The molecule has 0 N–H and O–H groups in total. The van der Waals surface area contributed by atoms with Crippen molar-refractivity contribution in [2.24, 2.45) is 5.41 Å². The summed E-state index contributed by atoms with van der Waals surface area (Å²) < 4.78 is 0. The maximum atomic E-state index is 12.7. The molecule has 1 amide bonds. The fourth-order valence-corrected chi connectivity index (χ4v) is 4.24. The lowest BCUT2D eigenvalue weighted by Crippen LogP contribution is -2.51. The second-order valence-corrected chi connectivity index (χ2v) is 7.24. The summed E-state index contributed by atoms with van der Waals surface area (Å²) in [5.41, 5.74) is 2.03. The number of piperidine rings is 2. The number of likely N-dealkylation sites (tertiary alicyclic amines) is 1. The predicted octanol–water partition coefficient (Wildman–Crippen LogP) is 3.00. The van der Waals surface area contributed by atoms with E-state index in [9.17, 15) is 4.79 Å². The normalized spacial score (nSPS) is 19.8. The molecule has 25 heavy (non-hydrogen) atoms. The maximum Gasteiger partial charge on any atom is 0.274 e. The third-order valence-corrected chi connectivity index (χ3v) is 5.68. The molecule has 130 valence electrons. The van der Waals surface area contributed by atoms with Gasteiger partial charge in [0.25, 0.3) is 5.91 Å². The first-order valence-electron chi connectivity index (χ1n) is 9.11. The van der Waals surface area contributed by atoms with Gasteiger partial charge < -0.3 is 9.80 Å². The number of benzene rings is 1. The van der Waals surface area contributed by atoms with Crippen LogP contribution < -0.4 is 4.90 Å². The highest BCUT2D eigenvalue weighted by atomic mass is 16.2. The molecule has 2 saturated heterocycles. The molecule has 1 aromatic carbocycles. The molecule has 2 aliphatic heterocycles. The molecule has 5 nitrogen and oxygen atoms in total. The average Bonchev–Trinajstić information content (AvgIpc) is 2.69. The van der Waals surface area contributed by atoms with E-state index < -0.39 is 0 Å². The second kappa shape index (κ2) is 6.82. The fourth-order valence-electron chi connectivity index (χ4n) is 4.24. The van der Waals surface area contributed by atoms with Crippen LogP contribution in [0.2, 0.25) is 0 Å². The van der Waals surface area contributed by atoms with E-state index >= 15 is 0 Å². The summed E-state index contributed by atoms with van der Waals surface area (Å²) in [6, 6.07) is 10.6. The van der Waals surface area contributed by atoms with Crippen molar-refractivity contribution in [3.8, 4) is 0 Å². The zero-order valence-corrected chi connectivity index (χ0v) is 14.5. The van der Waals surface area contributed by atoms with Crippen molar-refractivity contribution in [2.45, 2.75) is 25.7 Å². The molecular weight excluding hydrogens is 312 g/mol. The predicted molar refractivity (Wildman–Crippen MR) is 97.5 cm³/mol. The van der Waals surface area contributed by atoms with Crippen LogP contribution in [0.5, 0.6) is 0 Å². The molecule has 0 atom stereocenters. The zero-order valence-electron chi connectivity index (χ0n) is 14.5. The summed E-state index contributed by atoms with van der Waals surface area (Å²) in [5.74, 6) is 0.0256. The third kappa shape index (κ3) is 3.36. The molecule has 0 unspecified atom stereocenters. The molecule has 0 bridgehead atoms. The van der Waals surface area contributed by atoms with Crippen molar-refractivity contribution in [1.82, 2.24) is 14.9 Å². The van der Waals surface area contributed by atoms with Crippen LogP contribution in [0.3, 0.4) is 0 Å². The number of rotatable bonds is 2. The highest BCUT2D eigenvalue weighted by Crippen LogP contribution is 2.41. The molecule has 3 heterocycles. The van der Waals surface area contributed by atoms with Crippen LogP contribution in [0.25, 0.3) is 0 Å². The Kier molecular flexibility index (Phi) is 4.38. The number of hydrogen-bond donors (Lipinski definition) is 0. The number of amides is 1. The Labute approximate surface area is 148 Å². The van der Waals surface area contributed by atoms with Crippen molar-refractivity contribution in [3.05, 3.63) is 54.6 Å². The van der Waals surface area contributed by atoms with E-state index in [-0.39, 0.29) is 11.3 Å². The minimum atomic E-state index is 0.0256. The number of para-hydroxylation sites is 1. The van der Waals surface area contributed by atoms with Crippen LogP contribution in [-0.4, -0.2) is 47.0 Å². The maximum absolute atomic E-state index is 12.7. The third-order valence-electron chi connectivity index (χ3n) is 5.68. The Balaban J connectivity index is 1.42. The Morgan fingerprint density at radius 2 is 1.80 bits per heavy atom. The van der Waals surface area contributed by atoms with Crippen molar-refractivity contribution in [3.63, 3.8) is 0 Å². The number of hydrogen-bond acceptors (Lipinski definition) is 4. The lowest BCUT2D eigenvalue weighted by Gasteiger charge is -2.48. The summed E-state index contributed by atoms with van der Waals surface area (Å²) >= 11 is 0. The average molecular weight is 336 g/mol. The van der Waals surface area contributed by atoms with Crippen LogP contribution in [0, 0.1) is 5.41 Å². The van der Waals surface area contributed by atoms with Crippen molar-refractivity contribution in [1.29, 1.82) is 0 Å². The molecule has 0 saturated carbocycles. The van der Waals surface area contributed by atoms with Gasteiger partial charge in [0.1, 0.15) is 5.69 Å². The first-order chi connectivity index (χ1) is 12.3. The molecule has 1 spiro atoms. The molecule has 5 heteroatoms. The quantitative estimate of drug-likeness (QED) is 0.846. The summed E-state index contributed by atoms with van der Waals surface area (Å²) in [4.78, 5) is 25.4. The molecule has 2 fully saturated rings. The second-order valence-electron chi connectivity index (χ2n) is 7.24. The van der Waals surface area contributed by atoms with E-state index in [4.69, 9.17) is 0 Å². The topological polar surface area (TPSA) is 49.3 Å². The van der Waals surface area contributed by atoms with E-state index in [0.29, 0.717) is 5.69 Å². The summed E-state index contributed by atoms with van der Waals surface area (Å²) in [6.45, 7) is 3.82. The zero-order chi connectivity index (χ0) is 17.1. The van der Waals surface area contributed by atoms with Gasteiger partial charge in [-0.05, 0) is 43.2 Å². The first kappa shape index (κ1) is 16.1. The van der Waals surface area contributed by atoms with E-state index in [1.165, 1.54) is 12.1 Å².